The molecule has 0 bridgehead atoms. The molecule has 0 aliphatic carbocycles. The Bertz CT molecular complexity index is 790. The van der Waals surface area contributed by atoms with Crippen molar-refractivity contribution in [2.45, 2.75) is 24.3 Å². The van der Waals surface area contributed by atoms with E-state index in [1.807, 2.05) is 0 Å². The van der Waals surface area contributed by atoms with E-state index in [1.54, 1.807) is 42.5 Å². The maximum atomic E-state index is 12.4. The number of anilines is 2. The first-order valence-corrected chi connectivity index (χ1v) is 8.48. The van der Waals surface area contributed by atoms with Crippen LogP contribution < -0.4 is 10.0 Å². The van der Waals surface area contributed by atoms with Crippen molar-refractivity contribution in [3.05, 3.63) is 53.1 Å². The minimum atomic E-state index is -3.64. The first kappa shape index (κ1) is 14.2. The Balaban J connectivity index is 1.93. The van der Waals surface area contributed by atoms with Crippen molar-refractivity contribution >= 4 is 33.0 Å². The van der Waals surface area contributed by atoms with Gasteiger partial charge in [0.05, 0.1) is 15.6 Å². The summed E-state index contributed by atoms with van der Waals surface area (Å²) in [4.78, 5) is 0.247. The van der Waals surface area contributed by atoms with Crippen molar-refractivity contribution in [1.82, 2.24) is 0 Å². The van der Waals surface area contributed by atoms with Crippen LogP contribution in [0, 0.1) is 0 Å². The van der Waals surface area contributed by atoms with Gasteiger partial charge in [0.2, 0.25) is 0 Å². The third kappa shape index (κ3) is 2.84. The molecule has 0 unspecified atom stereocenters. The molecule has 6 heteroatoms. The SMILES string of the molecule is C[C@@H]1Cc2cc(S(=O)(=O)Nc3ccccc3Cl)ccc2N1. The van der Waals surface area contributed by atoms with E-state index in [-0.39, 0.29) is 4.90 Å². The number of fused-ring (bicyclic) bond motifs is 1. The molecule has 2 N–H and O–H groups in total. The highest BCUT2D eigenvalue weighted by molar-refractivity contribution is 7.92. The Hall–Kier alpha value is -1.72. The summed E-state index contributed by atoms with van der Waals surface area (Å²) in [6, 6.07) is 12.2. The van der Waals surface area contributed by atoms with E-state index in [2.05, 4.69) is 17.0 Å². The molecule has 0 radical (unpaired) electrons. The lowest BCUT2D eigenvalue weighted by atomic mass is 10.1. The van der Waals surface area contributed by atoms with Gasteiger partial charge in [-0.3, -0.25) is 4.72 Å². The maximum Gasteiger partial charge on any atom is 0.261 e. The maximum absolute atomic E-state index is 12.4. The van der Waals surface area contributed by atoms with Gasteiger partial charge in [0.25, 0.3) is 10.0 Å². The molecule has 0 fully saturated rings. The monoisotopic (exact) mass is 322 g/mol. The lowest BCUT2D eigenvalue weighted by Crippen LogP contribution is -2.13. The normalized spacial score (nSPS) is 17.1. The fourth-order valence-corrected chi connectivity index (χ4v) is 3.81. The molecule has 2 aromatic rings. The lowest BCUT2D eigenvalue weighted by molar-refractivity contribution is 0.601. The molecular formula is C15H15ClN2O2S. The molecule has 0 amide bonds. The number of halogens is 1. The second kappa shape index (κ2) is 5.24. The van der Waals surface area contributed by atoms with Gasteiger partial charge in [0.15, 0.2) is 0 Å². The van der Waals surface area contributed by atoms with Crippen LogP contribution in [0.25, 0.3) is 0 Å². The smallest absolute Gasteiger partial charge is 0.261 e. The third-order valence-electron chi connectivity index (χ3n) is 3.43. The molecule has 0 saturated heterocycles. The van der Waals surface area contributed by atoms with Gasteiger partial charge in [-0.05, 0) is 49.2 Å². The van der Waals surface area contributed by atoms with Crippen LogP contribution in [0.3, 0.4) is 0 Å². The summed E-state index contributed by atoms with van der Waals surface area (Å²) in [5.41, 5.74) is 2.40. The van der Waals surface area contributed by atoms with Gasteiger partial charge in [-0.15, -0.1) is 0 Å². The number of sulfonamides is 1. The van der Waals surface area contributed by atoms with Crippen molar-refractivity contribution in [3.63, 3.8) is 0 Å². The molecule has 4 nitrogen and oxygen atoms in total. The Kier molecular flexibility index (Phi) is 3.55. The largest absolute Gasteiger partial charge is 0.382 e. The fraction of sp³-hybridized carbons (Fsp3) is 0.200. The molecule has 1 aliphatic heterocycles. The van der Waals surface area contributed by atoms with E-state index in [1.165, 1.54) is 0 Å². The number of nitrogens with one attached hydrogen (secondary N) is 2. The Labute approximate surface area is 129 Å². The molecule has 3 rings (SSSR count). The fourth-order valence-electron chi connectivity index (χ4n) is 2.44. The molecule has 1 heterocycles. The first-order valence-electron chi connectivity index (χ1n) is 6.62. The van der Waals surface area contributed by atoms with Gasteiger partial charge in [0, 0.05) is 11.7 Å². The zero-order chi connectivity index (χ0) is 15.0. The standard InChI is InChI=1S/C15H15ClN2O2S/c1-10-8-11-9-12(6-7-14(11)17-10)21(19,20)18-15-5-3-2-4-13(15)16/h2-7,9-10,17-18H,8H2,1H3/t10-/m1/s1. The van der Waals surface area contributed by atoms with Crippen molar-refractivity contribution in [3.8, 4) is 0 Å². The van der Waals surface area contributed by atoms with Gasteiger partial charge in [0.1, 0.15) is 0 Å². The van der Waals surface area contributed by atoms with Crippen LogP contribution in [-0.4, -0.2) is 14.5 Å². The predicted octanol–water partition coefficient (Wildman–Crippen LogP) is 3.50. The Morgan fingerprint density at radius 3 is 2.76 bits per heavy atom. The van der Waals surface area contributed by atoms with Crippen molar-refractivity contribution in [1.29, 1.82) is 0 Å². The summed E-state index contributed by atoms with van der Waals surface area (Å²) in [6.45, 7) is 2.07. The predicted molar refractivity (Wildman–Crippen MR) is 85.5 cm³/mol. The lowest BCUT2D eigenvalue weighted by Gasteiger charge is -2.10. The molecule has 2 aromatic carbocycles. The average molecular weight is 323 g/mol. The first-order chi connectivity index (χ1) is 9.95. The number of hydrogen-bond acceptors (Lipinski definition) is 3. The van der Waals surface area contributed by atoms with E-state index in [0.717, 1.165) is 17.7 Å². The van der Waals surface area contributed by atoms with Gasteiger partial charge >= 0.3 is 0 Å². The minimum absolute atomic E-state index is 0.247. The van der Waals surface area contributed by atoms with E-state index >= 15 is 0 Å². The van der Waals surface area contributed by atoms with Crippen molar-refractivity contribution < 1.29 is 8.42 Å². The summed E-state index contributed by atoms with van der Waals surface area (Å²) < 4.78 is 27.4. The van der Waals surface area contributed by atoms with Crippen LogP contribution in [-0.2, 0) is 16.4 Å². The van der Waals surface area contributed by atoms with Crippen LogP contribution in [0.5, 0.6) is 0 Å². The summed E-state index contributed by atoms with van der Waals surface area (Å²) >= 11 is 5.99. The Morgan fingerprint density at radius 1 is 1.24 bits per heavy atom. The zero-order valence-corrected chi connectivity index (χ0v) is 13.0. The van der Waals surface area contributed by atoms with E-state index < -0.39 is 10.0 Å². The topological polar surface area (TPSA) is 58.2 Å². The third-order valence-corrected chi connectivity index (χ3v) is 5.13. The molecule has 0 saturated carbocycles. The minimum Gasteiger partial charge on any atom is -0.382 e. The van der Waals surface area contributed by atoms with Gasteiger partial charge in [-0.1, -0.05) is 23.7 Å². The molecular weight excluding hydrogens is 308 g/mol. The van der Waals surface area contributed by atoms with Gasteiger partial charge < -0.3 is 5.32 Å². The molecule has 1 atom stereocenters. The average Bonchev–Trinajstić information content (AvgIpc) is 2.80. The van der Waals surface area contributed by atoms with Crippen LogP contribution in [0.15, 0.2) is 47.4 Å². The number of hydrogen-bond donors (Lipinski definition) is 2. The number of para-hydroxylation sites is 1. The van der Waals surface area contributed by atoms with Crippen molar-refractivity contribution in [2.24, 2.45) is 0 Å². The van der Waals surface area contributed by atoms with E-state index in [0.29, 0.717) is 16.8 Å². The summed E-state index contributed by atoms with van der Waals surface area (Å²) in [5, 5.41) is 3.67. The second-order valence-corrected chi connectivity index (χ2v) is 7.24. The van der Waals surface area contributed by atoms with E-state index in [4.69, 9.17) is 11.6 Å². The second-order valence-electron chi connectivity index (χ2n) is 5.15. The van der Waals surface area contributed by atoms with Crippen LogP contribution in [0.1, 0.15) is 12.5 Å². The molecule has 1 aliphatic rings. The van der Waals surface area contributed by atoms with Crippen molar-refractivity contribution in [2.75, 3.05) is 10.0 Å². The Morgan fingerprint density at radius 2 is 2.00 bits per heavy atom. The highest BCUT2D eigenvalue weighted by atomic mass is 35.5. The summed E-state index contributed by atoms with van der Waals surface area (Å²) in [7, 11) is -3.64. The van der Waals surface area contributed by atoms with E-state index in [9.17, 15) is 8.42 Å². The zero-order valence-electron chi connectivity index (χ0n) is 11.4. The van der Waals surface area contributed by atoms with Gasteiger partial charge in [-0.25, -0.2) is 8.42 Å². The number of rotatable bonds is 3. The molecule has 110 valence electrons. The summed E-state index contributed by atoms with van der Waals surface area (Å²) in [6.07, 6.45) is 0.824. The quantitative estimate of drug-likeness (QED) is 0.909. The van der Waals surface area contributed by atoms with Crippen LogP contribution in [0.2, 0.25) is 5.02 Å². The highest BCUT2D eigenvalue weighted by Crippen LogP contribution is 2.29. The molecule has 0 aromatic heterocycles. The van der Waals surface area contributed by atoms with Crippen LogP contribution >= 0.6 is 11.6 Å². The molecule has 21 heavy (non-hydrogen) atoms. The van der Waals surface area contributed by atoms with Gasteiger partial charge in [-0.2, -0.15) is 0 Å². The number of benzene rings is 2. The highest BCUT2D eigenvalue weighted by Gasteiger charge is 2.21. The molecule has 0 spiro atoms. The summed E-state index contributed by atoms with van der Waals surface area (Å²) in [5.74, 6) is 0. The van der Waals surface area contributed by atoms with Crippen LogP contribution in [0.4, 0.5) is 11.4 Å².